The molecule has 3 saturated heterocycles. The van der Waals surface area contributed by atoms with E-state index in [1.165, 1.54) is 22.3 Å². The number of hydrogen-bond acceptors (Lipinski definition) is 3. The van der Waals surface area contributed by atoms with Gasteiger partial charge in [0.2, 0.25) is 0 Å². The molecule has 5 nitrogen and oxygen atoms in total. The van der Waals surface area contributed by atoms with Gasteiger partial charge in [0.05, 0.1) is 0 Å². The van der Waals surface area contributed by atoms with Crippen molar-refractivity contribution >= 4 is 0 Å². The fourth-order valence-electron chi connectivity index (χ4n) is 9.98. The first-order valence-electron chi connectivity index (χ1n) is 18.5. The van der Waals surface area contributed by atoms with Crippen molar-refractivity contribution in [2.24, 2.45) is 0 Å². The van der Waals surface area contributed by atoms with Crippen LogP contribution in [0.2, 0.25) is 0 Å². The monoisotopic (exact) mass is 697 g/mol. The van der Waals surface area contributed by atoms with E-state index in [1.807, 2.05) is 0 Å². The van der Waals surface area contributed by atoms with Gasteiger partial charge in [0, 0.05) is 24.2 Å². The molecule has 5 heterocycles. The molecule has 50 heavy (non-hydrogen) atoms. The van der Waals surface area contributed by atoms with E-state index in [1.54, 1.807) is 0 Å². The van der Waals surface area contributed by atoms with Crippen molar-refractivity contribution in [1.82, 2.24) is 10.6 Å². The van der Waals surface area contributed by atoms with E-state index in [2.05, 4.69) is 156 Å². The molecule has 12 unspecified atom stereocenters. The Morgan fingerprint density at radius 2 is 0.600 bits per heavy atom. The van der Waals surface area contributed by atoms with Crippen molar-refractivity contribution in [2.45, 2.75) is 97.7 Å². The van der Waals surface area contributed by atoms with Gasteiger partial charge in [-0.3, -0.25) is 0 Å². The van der Waals surface area contributed by atoms with E-state index in [9.17, 15) is 0 Å². The van der Waals surface area contributed by atoms with Gasteiger partial charge in [-0.1, -0.05) is 171 Å². The number of hydrogen-bond donors (Lipinski definition) is 2. The molecule has 3 fully saturated rings. The zero-order valence-electron chi connectivity index (χ0n) is 28.4. The maximum absolute atomic E-state index is 8.19. The van der Waals surface area contributed by atoms with Crippen LogP contribution in [0.15, 0.2) is 146 Å². The average molecular weight is 698 g/mol. The summed E-state index contributed by atoms with van der Waals surface area (Å²) in [4.78, 5) is 0. The molecule has 4 aromatic rings. The van der Waals surface area contributed by atoms with Gasteiger partial charge >= 0.3 is 21.0 Å². The molecular weight excluding hydrogens is 651 g/mol. The Kier molecular flexibility index (Phi) is 10.4. The molecule has 9 rings (SSSR count). The molecule has 12 atom stereocenters. The quantitative estimate of drug-likeness (QED) is 0.210. The summed E-state index contributed by atoms with van der Waals surface area (Å²) >= 11 is 1.06. The van der Waals surface area contributed by atoms with Crippen molar-refractivity contribution in [3.8, 4) is 0 Å². The minimum absolute atomic E-state index is 0.224. The molecule has 4 aromatic carbocycles. The van der Waals surface area contributed by atoms with E-state index in [4.69, 9.17) is 14.3 Å². The van der Waals surface area contributed by atoms with Crippen LogP contribution in [0, 0.1) is 0 Å². The molecule has 0 saturated carbocycles. The summed E-state index contributed by atoms with van der Waals surface area (Å²) in [6.07, 6.45) is 14.3. The zero-order chi connectivity index (χ0) is 33.9. The van der Waals surface area contributed by atoms with Crippen LogP contribution in [0.4, 0.5) is 0 Å². The van der Waals surface area contributed by atoms with E-state index < -0.39 is 0 Å². The van der Waals surface area contributed by atoms with Gasteiger partial charge in [0.15, 0.2) is 0 Å². The SMILES string of the molecule is C1=CC2NC1C(c1ccccc1)C1CCC([N-]1)C(c1ccccc1)C1C=CC(N1)C(c1ccccc1)C1CCC([N-]1)C2c1ccccc1.[O]=[V+2]. The summed E-state index contributed by atoms with van der Waals surface area (Å²) < 4.78 is 8.19. The summed E-state index contributed by atoms with van der Waals surface area (Å²) in [6, 6.07) is 46.7. The number of fused-ring (bicyclic) bond motifs is 8. The fourth-order valence-corrected chi connectivity index (χ4v) is 9.98. The first kappa shape index (κ1) is 33.7. The van der Waals surface area contributed by atoms with E-state index in [-0.39, 0.29) is 72.0 Å². The summed E-state index contributed by atoms with van der Waals surface area (Å²) in [5.41, 5.74) is 5.55. The summed E-state index contributed by atoms with van der Waals surface area (Å²) in [7, 11) is 0. The third-order valence-corrected chi connectivity index (χ3v) is 12.0. The van der Waals surface area contributed by atoms with E-state index in [0.29, 0.717) is 0 Å². The zero-order valence-corrected chi connectivity index (χ0v) is 29.8. The van der Waals surface area contributed by atoms with Crippen molar-refractivity contribution in [3.05, 3.63) is 179 Å². The van der Waals surface area contributed by atoms with Crippen molar-refractivity contribution in [2.75, 3.05) is 0 Å². The van der Waals surface area contributed by atoms with Crippen LogP contribution in [0.25, 0.3) is 10.6 Å². The Balaban J connectivity index is 0.00000177. The number of rotatable bonds is 4. The average Bonchev–Trinajstić information content (AvgIpc) is 4.02. The Morgan fingerprint density at radius 1 is 0.380 bits per heavy atom. The van der Waals surface area contributed by atoms with Gasteiger partial charge in [0.1, 0.15) is 0 Å². The second-order valence-electron chi connectivity index (χ2n) is 14.7. The van der Waals surface area contributed by atoms with Crippen LogP contribution in [0.5, 0.6) is 0 Å². The molecule has 5 aliphatic heterocycles. The van der Waals surface area contributed by atoms with Crippen LogP contribution in [0.1, 0.15) is 71.6 Å². The van der Waals surface area contributed by atoms with Gasteiger partial charge in [-0.15, -0.1) is 24.2 Å². The van der Waals surface area contributed by atoms with Gasteiger partial charge in [-0.25, -0.2) is 0 Å². The van der Waals surface area contributed by atoms with Crippen LogP contribution < -0.4 is 10.6 Å². The molecule has 0 amide bonds. The van der Waals surface area contributed by atoms with E-state index in [0.717, 1.165) is 43.1 Å². The van der Waals surface area contributed by atoms with Gasteiger partial charge < -0.3 is 21.3 Å². The maximum atomic E-state index is 8.19. The van der Waals surface area contributed by atoms with Gasteiger partial charge in [0.25, 0.3) is 0 Å². The second-order valence-corrected chi connectivity index (χ2v) is 14.7. The molecule has 5 aliphatic rings. The normalized spacial score (nSPS) is 35.8. The fraction of sp³-hybridized carbons (Fsp3) is 0.364. The molecule has 6 heteroatoms. The van der Waals surface area contributed by atoms with Gasteiger partial charge in [-0.2, -0.15) is 0 Å². The molecular formula is C44H46N4OV. The van der Waals surface area contributed by atoms with Crippen molar-refractivity contribution in [1.29, 1.82) is 0 Å². The topological polar surface area (TPSA) is 69.3 Å². The minimum atomic E-state index is 0.224. The first-order chi connectivity index (χ1) is 24.8. The number of benzene rings is 4. The van der Waals surface area contributed by atoms with E-state index >= 15 is 0 Å². The Labute approximate surface area is 306 Å². The molecule has 0 radical (unpaired) electrons. The van der Waals surface area contributed by atoms with Crippen molar-refractivity contribution in [3.63, 3.8) is 0 Å². The molecule has 0 spiro atoms. The van der Waals surface area contributed by atoms with Crippen LogP contribution in [0.3, 0.4) is 0 Å². The predicted octanol–water partition coefficient (Wildman–Crippen LogP) is 8.62. The van der Waals surface area contributed by atoms with Crippen LogP contribution >= 0.6 is 0 Å². The third kappa shape index (κ3) is 6.68. The molecule has 2 N–H and O–H groups in total. The summed E-state index contributed by atoms with van der Waals surface area (Å²) in [6.45, 7) is 0. The van der Waals surface area contributed by atoms with Gasteiger partial charge in [-0.05, 0) is 45.9 Å². The Morgan fingerprint density at radius 3 is 0.820 bits per heavy atom. The predicted molar refractivity (Wildman–Crippen MR) is 197 cm³/mol. The van der Waals surface area contributed by atoms with Crippen LogP contribution in [-0.4, -0.2) is 48.3 Å². The first-order valence-corrected chi connectivity index (χ1v) is 19.0. The molecule has 8 bridgehead atoms. The Bertz CT molecular complexity index is 1490. The van der Waals surface area contributed by atoms with Crippen LogP contribution in [-0.2, 0) is 21.0 Å². The number of nitrogens with one attached hydrogen (secondary N) is 2. The standard InChI is InChI=1S/C44H46N4.O.V/c1-5-13-29(14-6-1)41-33-21-23-35(45-33)42(30-15-7-2-8-16-30)37-25-27-39(47-37)44(32-19-11-4-12-20-32)40-28-26-38(48-40)43(31-17-9-3-10-18-31)36-24-22-34(41)46-36;;/h1-21,23,26,28,33-45,48H,22,24-25,27H2;;/q-2;;+2. The third-order valence-electron chi connectivity index (χ3n) is 12.0. The molecule has 0 aliphatic carbocycles. The molecule has 0 aromatic heterocycles. The summed E-state index contributed by atoms with van der Waals surface area (Å²) in [5.74, 6) is 1.14. The second kappa shape index (κ2) is 15.4. The molecule has 253 valence electrons. The van der Waals surface area contributed by atoms with Crippen molar-refractivity contribution < 1.29 is 21.0 Å². The number of nitrogens with zero attached hydrogens (tertiary/aromatic N) is 2. The summed E-state index contributed by atoms with van der Waals surface area (Å²) in [5, 5.41) is 20.0. The Hall–Kier alpha value is -3.42.